The molecule has 0 saturated carbocycles. The Morgan fingerprint density at radius 1 is 1.21 bits per heavy atom. The quantitative estimate of drug-likeness (QED) is 0.676. The predicted molar refractivity (Wildman–Crippen MR) is 67.1 cm³/mol. The SMILES string of the molecule is Fc1cc(Br)cc(Oc2ccn3nccc3n2)c1F. The molecule has 0 aliphatic carbocycles. The fraction of sp³-hybridized carbons (Fsp3) is 0. The molecule has 2 aromatic heterocycles. The average Bonchev–Trinajstić information content (AvgIpc) is 2.82. The van der Waals surface area contributed by atoms with E-state index in [0.717, 1.165) is 6.07 Å². The smallest absolute Gasteiger partial charge is 0.222 e. The molecule has 7 heteroatoms. The second-order valence-corrected chi connectivity index (χ2v) is 4.62. The van der Waals surface area contributed by atoms with E-state index in [9.17, 15) is 8.78 Å². The summed E-state index contributed by atoms with van der Waals surface area (Å²) in [6.45, 7) is 0. The summed E-state index contributed by atoms with van der Waals surface area (Å²) in [4.78, 5) is 4.10. The molecule has 2 heterocycles. The van der Waals surface area contributed by atoms with Crippen molar-refractivity contribution in [1.82, 2.24) is 14.6 Å². The van der Waals surface area contributed by atoms with E-state index in [1.807, 2.05) is 0 Å². The van der Waals surface area contributed by atoms with E-state index in [0.29, 0.717) is 10.1 Å². The van der Waals surface area contributed by atoms with Crippen molar-refractivity contribution < 1.29 is 13.5 Å². The van der Waals surface area contributed by atoms with Gasteiger partial charge in [-0.2, -0.15) is 14.5 Å². The Bertz CT molecular complexity index is 760. The number of ether oxygens (including phenoxy) is 1. The number of fused-ring (bicyclic) bond motifs is 1. The van der Waals surface area contributed by atoms with Gasteiger partial charge >= 0.3 is 0 Å². The number of halogens is 3. The van der Waals surface area contributed by atoms with Crippen molar-refractivity contribution in [2.24, 2.45) is 0 Å². The van der Waals surface area contributed by atoms with Crippen molar-refractivity contribution in [3.8, 4) is 11.6 Å². The summed E-state index contributed by atoms with van der Waals surface area (Å²) >= 11 is 3.07. The number of rotatable bonds is 2. The second kappa shape index (κ2) is 4.58. The highest BCUT2D eigenvalue weighted by atomic mass is 79.9. The van der Waals surface area contributed by atoms with Crippen LogP contribution in [0.4, 0.5) is 8.78 Å². The van der Waals surface area contributed by atoms with Crippen LogP contribution in [-0.4, -0.2) is 14.6 Å². The minimum atomic E-state index is -1.06. The highest BCUT2D eigenvalue weighted by Gasteiger charge is 2.13. The normalized spacial score (nSPS) is 10.9. The van der Waals surface area contributed by atoms with E-state index in [2.05, 4.69) is 26.0 Å². The molecule has 4 nitrogen and oxygen atoms in total. The Balaban J connectivity index is 2.00. The van der Waals surface area contributed by atoms with Crippen LogP contribution in [0.3, 0.4) is 0 Å². The van der Waals surface area contributed by atoms with Crippen LogP contribution in [0.15, 0.2) is 41.1 Å². The van der Waals surface area contributed by atoms with Crippen molar-refractivity contribution in [2.45, 2.75) is 0 Å². The molecule has 0 spiro atoms. The van der Waals surface area contributed by atoms with Gasteiger partial charge in [-0.3, -0.25) is 0 Å². The molecule has 3 rings (SSSR count). The summed E-state index contributed by atoms with van der Waals surface area (Å²) in [6, 6.07) is 5.54. The zero-order valence-electron chi connectivity index (χ0n) is 9.35. The van der Waals surface area contributed by atoms with Gasteiger partial charge < -0.3 is 4.74 Å². The van der Waals surface area contributed by atoms with Crippen LogP contribution in [0.1, 0.15) is 0 Å². The monoisotopic (exact) mass is 325 g/mol. The van der Waals surface area contributed by atoms with Gasteiger partial charge in [-0.25, -0.2) is 8.91 Å². The molecule has 0 saturated heterocycles. The van der Waals surface area contributed by atoms with Crippen LogP contribution < -0.4 is 4.74 Å². The molecule has 0 N–H and O–H groups in total. The largest absolute Gasteiger partial charge is 0.436 e. The van der Waals surface area contributed by atoms with Gasteiger partial charge in [0.05, 0.1) is 6.20 Å². The lowest BCUT2D eigenvalue weighted by molar-refractivity contribution is 0.405. The third-order valence-corrected chi connectivity index (χ3v) is 2.86. The lowest BCUT2D eigenvalue weighted by Crippen LogP contribution is -1.96. The predicted octanol–water partition coefficient (Wildman–Crippen LogP) is 3.56. The van der Waals surface area contributed by atoms with Gasteiger partial charge in [0.1, 0.15) is 0 Å². The van der Waals surface area contributed by atoms with E-state index < -0.39 is 11.6 Å². The molecular formula is C12H6BrF2N3O. The minimum absolute atomic E-state index is 0.157. The zero-order valence-corrected chi connectivity index (χ0v) is 10.9. The highest BCUT2D eigenvalue weighted by Crippen LogP contribution is 2.28. The topological polar surface area (TPSA) is 39.4 Å². The summed E-state index contributed by atoms with van der Waals surface area (Å²) < 4.78 is 33.9. The van der Waals surface area contributed by atoms with Gasteiger partial charge in [0.25, 0.3) is 0 Å². The molecule has 0 aliphatic heterocycles. The minimum Gasteiger partial charge on any atom is -0.436 e. The van der Waals surface area contributed by atoms with Crippen LogP contribution in [-0.2, 0) is 0 Å². The molecule has 96 valence electrons. The Kier molecular flexibility index (Phi) is 2.90. The van der Waals surface area contributed by atoms with Crippen molar-refractivity contribution in [3.05, 3.63) is 52.8 Å². The molecule has 0 atom stereocenters. The fourth-order valence-corrected chi connectivity index (χ4v) is 1.98. The van der Waals surface area contributed by atoms with Crippen molar-refractivity contribution in [3.63, 3.8) is 0 Å². The zero-order chi connectivity index (χ0) is 13.4. The van der Waals surface area contributed by atoms with Gasteiger partial charge in [-0.1, -0.05) is 15.9 Å². The number of hydrogen-bond acceptors (Lipinski definition) is 3. The average molecular weight is 326 g/mol. The van der Waals surface area contributed by atoms with Crippen LogP contribution in [0, 0.1) is 11.6 Å². The molecule has 19 heavy (non-hydrogen) atoms. The summed E-state index contributed by atoms with van der Waals surface area (Å²) in [7, 11) is 0. The maximum Gasteiger partial charge on any atom is 0.222 e. The van der Waals surface area contributed by atoms with Crippen LogP contribution in [0.2, 0.25) is 0 Å². The first-order valence-corrected chi connectivity index (χ1v) is 6.05. The van der Waals surface area contributed by atoms with Crippen molar-refractivity contribution in [2.75, 3.05) is 0 Å². The van der Waals surface area contributed by atoms with Gasteiger partial charge in [0.2, 0.25) is 11.7 Å². The van der Waals surface area contributed by atoms with E-state index in [1.54, 1.807) is 18.5 Å². The van der Waals surface area contributed by atoms with E-state index in [1.165, 1.54) is 16.6 Å². The lowest BCUT2D eigenvalue weighted by Gasteiger charge is -2.07. The molecule has 0 aliphatic rings. The molecule has 0 fully saturated rings. The molecule has 0 amide bonds. The van der Waals surface area contributed by atoms with E-state index >= 15 is 0 Å². The fourth-order valence-electron chi connectivity index (χ4n) is 1.57. The first-order valence-electron chi connectivity index (χ1n) is 5.26. The highest BCUT2D eigenvalue weighted by molar-refractivity contribution is 9.10. The maximum atomic E-state index is 13.6. The molecular weight excluding hydrogens is 320 g/mol. The van der Waals surface area contributed by atoms with Crippen molar-refractivity contribution in [1.29, 1.82) is 0 Å². The summed E-state index contributed by atoms with van der Waals surface area (Å²) in [5, 5.41) is 3.97. The van der Waals surface area contributed by atoms with Crippen molar-refractivity contribution >= 4 is 21.6 Å². The molecule has 0 bridgehead atoms. The Morgan fingerprint density at radius 3 is 2.89 bits per heavy atom. The standard InChI is InChI=1S/C12H6BrF2N3O/c13-7-5-8(14)12(15)9(6-7)19-11-2-4-18-10(17-11)1-3-16-18/h1-6H. The van der Waals surface area contributed by atoms with E-state index in [-0.39, 0.29) is 11.6 Å². The molecule has 3 aromatic rings. The van der Waals surface area contributed by atoms with Crippen LogP contribution in [0.5, 0.6) is 11.6 Å². The van der Waals surface area contributed by atoms with Gasteiger partial charge in [0, 0.05) is 22.8 Å². The number of benzene rings is 1. The Morgan fingerprint density at radius 2 is 2.05 bits per heavy atom. The van der Waals surface area contributed by atoms with Crippen LogP contribution >= 0.6 is 15.9 Å². The van der Waals surface area contributed by atoms with Gasteiger partial charge in [-0.15, -0.1) is 0 Å². The van der Waals surface area contributed by atoms with Gasteiger partial charge in [-0.05, 0) is 12.1 Å². The summed E-state index contributed by atoms with van der Waals surface area (Å²) in [5.41, 5.74) is 0.549. The summed E-state index contributed by atoms with van der Waals surface area (Å²) in [6.07, 6.45) is 3.19. The molecule has 0 radical (unpaired) electrons. The first-order chi connectivity index (χ1) is 9.13. The Labute approximate surface area is 114 Å². The first kappa shape index (κ1) is 12.0. The maximum absolute atomic E-state index is 13.6. The third-order valence-electron chi connectivity index (χ3n) is 2.41. The number of aromatic nitrogens is 3. The van der Waals surface area contributed by atoms with Crippen LogP contribution in [0.25, 0.3) is 5.65 Å². The second-order valence-electron chi connectivity index (χ2n) is 3.70. The number of nitrogens with zero attached hydrogens (tertiary/aromatic N) is 3. The lowest BCUT2D eigenvalue weighted by atomic mass is 10.3. The summed E-state index contributed by atoms with van der Waals surface area (Å²) in [5.74, 6) is -2.12. The number of hydrogen-bond donors (Lipinski definition) is 0. The molecule has 0 unspecified atom stereocenters. The molecule has 1 aromatic carbocycles. The van der Waals surface area contributed by atoms with Gasteiger partial charge in [0.15, 0.2) is 17.2 Å². The Hall–Kier alpha value is -2.02. The van der Waals surface area contributed by atoms with E-state index in [4.69, 9.17) is 4.74 Å². The third kappa shape index (κ3) is 2.28.